The third kappa shape index (κ3) is 8.12. The normalized spacial score (nSPS) is 19.9. The Morgan fingerprint density at radius 3 is 1.91 bits per heavy atom. The summed E-state index contributed by atoms with van der Waals surface area (Å²) in [6.07, 6.45) is 9.01. The number of halogens is 1. The van der Waals surface area contributed by atoms with E-state index >= 15 is 0 Å². The minimum Gasteiger partial charge on any atom is -0.265 e. The molecule has 289 valence electrons. The van der Waals surface area contributed by atoms with E-state index < -0.39 is 0 Å². The number of rotatable bonds is 6. The zero-order valence-corrected chi connectivity index (χ0v) is 36.0. The van der Waals surface area contributed by atoms with Crippen molar-refractivity contribution in [1.82, 2.24) is 4.98 Å². The van der Waals surface area contributed by atoms with Crippen LogP contribution < -0.4 is 14.4 Å². The number of hydrogen-bond acceptors (Lipinski definition) is 4. The van der Waals surface area contributed by atoms with E-state index in [4.69, 9.17) is 26.1 Å². The van der Waals surface area contributed by atoms with E-state index in [2.05, 4.69) is 136 Å². The first-order valence-corrected chi connectivity index (χ1v) is 22.4. The predicted molar refractivity (Wildman–Crippen MR) is 229 cm³/mol. The molecule has 2 unspecified atom stereocenters. The maximum absolute atomic E-state index is 6.10. The number of para-hydroxylation sites is 1. The first-order valence-electron chi connectivity index (χ1n) is 19.3. The van der Waals surface area contributed by atoms with E-state index in [9.17, 15) is 0 Å². The van der Waals surface area contributed by atoms with Crippen molar-refractivity contribution in [2.75, 3.05) is 19.1 Å². The van der Waals surface area contributed by atoms with Gasteiger partial charge in [0.05, 0.1) is 14.2 Å². The minimum absolute atomic E-state index is 0.00414. The third-order valence-electron chi connectivity index (χ3n) is 11.4. The van der Waals surface area contributed by atoms with E-state index in [0.29, 0.717) is 11.8 Å². The monoisotopic (exact) mass is 840 g/mol. The van der Waals surface area contributed by atoms with Crippen molar-refractivity contribution >= 4 is 25.1 Å². The summed E-state index contributed by atoms with van der Waals surface area (Å²) in [5, 5.41) is 0. The fourth-order valence-electron chi connectivity index (χ4n) is 8.93. The molecule has 2 heterocycles. The molecule has 1 fully saturated rings. The number of aryl methyl sites for hydroxylation is 1. The maximum Gasteiger partial charge on any atom is 0.0267 e. The molecule has 2 atom stereocenters. The number of hydrogen-bond donors (Lipinski definition) is 0. The number of allylic oxidation sites excluding steroid dienone is 1. The summed E-state index contributed by atoms with van der Waals surface area (Å²) in [6.45, 7) is 18.9. The van der Waals surface area contributed by atoms with E-state index in [1.165, 1.54) is 54.3 Å². The molecule has 4 nitrogen and oxygen atoms in total. The van der Waals surface area contributed by atoms with Crippen LogP contribution in [0.4, 0.5) is 5.69 Å². The Kier molecular flexibility index (Phi) is 12.8. The fourth-order valence-corrected chi connectivity index (χ4v) is 10.5. The molecule has 5 aromatic rings. The van der Waals surface area contributed by atoms with Crippen molar-refractivity contribution in [2.45, 2.75) is 89.6 Å². The molecule has 0 N–H and O–H groups in total. The van der Waals surface area contributed by atoms with Crippen LogP contribution in [-0.4, -0.2) is 34.9 Å². The predicted octanol–water partition coefficient (Wildman–Crippen LogP) is 12.0. The molecule has 2 aliphatic carbocycles. The van der Waals surface area contributed by atoms with Gasteiger partial charge in [-0.15, -0.1) is 0 Å². The Hall–Kier alpha value is -4.05. The van der Waals surface area contributed by atoms with E-state index in [1.54, 1.807) is 26.6 Å². The van der Waals surface area contributed by atoms with Gasteiger partial charge in [-0.05, 0) is 96.9 Å². The molecule has 8 rings (SSSR count). The quantitative estimate of drug-likeness (QED) is 0.126. The van der Waals surface area contributed by atoms with Gasteiger partial charge >= 0.3 is 112 Å². The third-order valence-corrected chi connectivity index (χ3v) is 13.3. The van der Waals surface area contributed by atoms with E-state index in [0.717, 1.165) is 30.8 Å². The van der Waals surface area contributed by atoms with Gasteiger partial charge in [0, 0.05) is 23.6 Å². The topological polar surface area (TPSA) is 34.6 Å². The van der Waals surface area contributed by atoms with Gasteiger partial charge in [-0.25, -0.2) is 0 Å². The van der Waals surface area contributed by atoms with Gasteiger partial charge in [0.25, 0.3) is 0 Å². The van der Waals surface area contributed by atoms with Crippen molar-refractivity contribution in [3.8, 4) is 11.5 Å². The number of aromatic nitrogens is 1. The zero-order valence-electron chi connectivity index (χ0n) is 33.5. The molecule has 0 saturated carbocycles. The summed E-state index contributed by atoms with van der Waals surface area (Å²) in [6, 6.07) is 36.1. The van der Waals surface area contributed by atoms with Crippen LogP contribution in [0.3, 0.4) is 0 Å². The molecular weight excluding hydrogens is 785 g/mol. The second-order valence-corrected chi connectivity index (χ2v) is 17.9. The van der Waals surface area contributed by atoms with Gasteiger partial charge in [-0.2, -0.15) is 0 Å². The van der Waals surface area contributed by atoms with Crippen LogP contribution in [-0.2, 0) is 27.5 Å². The Bertz CT molecular complexity index is 2090. The van der Waals surface area contributed by atoms with Crippen LogP contribution in [0.25, 0.3) is 5.57 Å². The number of pyridine rings is 1. The smallest absolute Gasteiger partial charge is 0.0267 e. The molecule has 1 spiro atoms. The maximum atomic E-state index is 6.10. The second kappa shape index (κ2) is 17.4. The average molecular weight is 841 g/mol. The molecule has 0 bridgehead atoms. The number of methoxy groups -OCH3 is 2. The SMILES string of the molecule is [CH2-]C1N(c2c(C(C)C)cccc2C(C)C)C(C)(C)CC12CCc1cc(OC)c(OC)cc12.[Cl][Ru]=[C]1C=C(c2ccccc2)c2ccccc21.c1ccncc1. The Morgan fingerprint density at radius 2 is 1.36 bits per heavy atom. The first-order chi connectivity index (χ1) is 26.5. The largest absolute Gasteiger partial charge is 0.265 e. The van der Waals surface area contributed by atoms with Crippen LogP contribution in [0.15, 0.2) is 122 Å². The molecule has 0 radical (unpaired) electrons. The summed E-state index contributed by atoms with van der Waals surface area (Å²) in [5.41, 5.74) is 12.2. The van der Waals surface area contributed by atoms with Crippen molar-refractivity contribution in [3.63, 3.8) is 0 Å². The number of nitrogens with zero attached hydrogens (tertiary/aromatic N) is 2. The zero-order chi connectivity index (χ0) is 39.3. The van der Waals surface area contributed by atoms with Crippen molar-refractivity contribution in [3.05, 3.63) is 167 Å². The molecular formula is C49H55ClN2O2Ru-. The summed E-state index contributed by atoms with van der Waals surface area (Å²) >= 11 is -0.218. The molecule has 1 saturated heterocycles. The van der Waals surface area contributed by atoms with E-state index in [-0.39, 0.29) is 32.7 Å². The van der Waals surface area contributed by atoms with Gasteiger partial charge in [0.1, 0.15) is 0 Å². The first kappa shape index (κ1) is 40.6. The molecule has 1 aromatic heterocycles. The Morgan fingerprint density at radius 1 is 0.782 bits per heavy atom. The van der Waals surface area contributed by atoms with Gasteiger partial charge in [0.2, 0.25) is 0 Å². The van der Waals surface area contributed by atoms with Gasteiger partial charge in [0.15, 0.2) is 11.5 Å². The van der Waals surface area contributed by atoms with Crippen LogP contribution in [0.1, 0.15) is 105 Å². The molecule has 0 amide bonds. The molecule has 6 heteroatoms. The average Bonchev–Trinajstić information content (AvgIpc) is 3.83. The van der Waals surface area contributed by atoms with E-state index in [1.807, 2.05) is 24.3 Å². The van der Waals surface area contributed by atoms with Crippen LogP contribution in [0.2, 0.25) is 0 Å². The van der Waals surface area contributed by atoms with Crippen LogP contribution in [0, 0.1) is 6.92 Å². The number of fused-ring (bicyclic) bond motifs is 3. The second-order valence-electron chi connectivity index (χ2n) is 15.9. The molecule has 55 heavy (non-hydrogen) atoms. The van der Waals surface area contributed by atoms with Crippen molar-refractivity contribution < 1.29 is 25.2 Å². The molecule has 1 aliphatic heterocycles. The summed E-state index contributed by atoms with van der Waals surface area (Å²) < 4.78 is 12.6. The molecule has 3 aliphatic rings. The van der Waals surface area contributed by atoms with Crippen molar-refractivity contribution in [2.24, 2.45) is 0 Å². The Labute approximate surface area is 341 Å². The summed E-state index contributed by atoms with van der Waals surface area (Å²) in [7, 11) is 9.54. The van der Waals surface area contributed by atoms with Crippen molar-refractivity contribution in [1.29, 1.82) is 0 Å². The number of ether oxygens (including phenoxy) is 2. The standard InChI is InChI=1S/C29H40NO2.C15H10.C5H5N.ClH.Ru/c1-18(2)22-11-10-12-23(19(3)4)27(22)30-20(5)29(17-28(30,6)7)14-13-21-15-25(31-8)26(32-9)16-24(21)29;1-2-6-12(7-3-1)15-11-10-13-8-4-5-9-14(13)15;1-2-4-6-5-3-1;;/h10-12,15-16,18-20H,5,13-14,17H2,1-4,6-9H3;1-9,11H;1-5H;1H;/q-1;;;;+1/p-1. The van der Waals surface area contributed by atoms with Gasteiger partial charge in [-0.3, -0.25) is 4.98 Å². The van der Waals surface area contributed by atoms with Gasteiger partial charge < -0.3 is 21.3 Å². The van der Waals surface area contributed by atoms with Gasteiger partial charge in [-0.1, -0.05) is 58.0 Å². The fraction of sp³-hybridized carbons (Fsp3) is 0.327. The summed E-state index contributed by atoms with van der Waals surface area (Å²) in [5.74, 6) is 2.57. The number of anilines is 1. The molecule has 4 aromatic carbocycles. The minimum atomic E-state index is -0.218. The van der Waals surface area contributed by atoms with Crippen LogP contribution >= 0.6 is 9.69 Å². The Balaban J connectivity index is 0.000000184. The summed E-state index contributed by atoms with van der Waals surface area (Å²) in [4.78, 5) is 6.45. The van der Waals surface area contributed by atoms with Crippen LogP contribution in [0.5, 0.6) is 11.5 Å². The number of benzene rings is 4.